The Labute approximate surface area is 86.7 Å². The number of nitrogens with two attached hydrogens (primary N) is 1. The highest BCUT2D eigenvalue weighted by atomic mass is 15.1. The maximum absolute atomic E-state index is 5.81. The molecule has 1 rings (SSSR count). The van der Waals surface area contributed by atoms with Crippen LogP contribution >= 0.6 is 0 Å². The normalized spacial score (nSPS) is 12.6. The van der Waals surface area contributed by atoms with Gasteiger partial charge in [0.25, 0.3) is 0 Å². The molecule has 0 saturated carbocycles. The SMILES string of the molecule is CCN(C[C@@H](C)N)c1ccccc1C. The Balaban J connectivity index is 2.83. The van der Waals surface area contributed by atoms with Crippen molar-refractivity contribution in [2.24, 2.45) is 5.73 Å². The number of anilines is 1. The predicted molar refractivity (Wildman–Crippen MR) is 62.7 cm³/mol. The number of nitrogens with zero attached hydrogens (tertiary/aromatic N) is 1. The molecule has 0 amide bonds. The molecule has 0 bridgehead atoms. The summed E-state index contributed by atoms with van der Waals surface area (Å²) in [4.78, 5) is 2.32. The number of likely N-dealkylation sites (N-methyl/N-ethyl adjacent to an activating group) is 1. The van der Waals surface area contributed by atoms with Crippen LogP contribution in [0.1, 0.15) is 19.4 Å². The first-order valence-electron chi connectivity index (χ1n) is 5.21. The summed E-state index contributed by atoms with van der Waals surface area (Å²) in [5, 5.41) is 0. The maximum atomic E-state index is 5.81. The highest BCUT2D eigenvalue weighted by molar-refractivity contribution is 5.52. The van der Waals surface area contributed by atoms with Gasteiger partial charge in [0.2, 0.25) is 0 Å². The van der Waals surface area contributed by atoms with Crippen LogP contribution in [0.3, 0.4) is 0 Å². The van der Waals surface area contributed by atoms with Crippen molar-refractivity contribution >= 4 is 5.69 Å². The fraction of sp³-hybridized carbons (Fsp3) is 0.500. The van der Waals surface area contributed by atoms with Gasteiger partial charge in [0.1, 0.15) is 0 Å². The molecule has 0 saturated heterocycles. The zero-order valence-electron chi connectivity index (χ0n) is 9.33. The first-order valence-corrected chi connectivity index (χ1v) is 5.21. The third kappa shape index (κ3) is 2.74. The Hall–Kier alpha value is -1.02. The minimum Gasteiger partial charge on any atom is -0.370 e. The van der Waals surface area contributed by atoms with Gasteiger partial charge in [-0.3, -0.25) is 0 Å². The summed E-state index contributed by atoms with van der Waals surface area (Å²) in [5.74, 6) is 0. The second kappa shape index (κ2) is 5.01. The number of hydrogen-bond acceptors (Lipinski definition) is 2. The van der Waals surface area contributed by atoms with Crippen LogP contribution < -0.4 is 10.6 Å². The van der Waals surface area contributed by atoms with E-state index in [4.69, 9.17) is 5.73 Å². The Morgan fingerprint density at radius 1 is 1.36 bits per heavy atom. The first kappa shape index (κ1) is 11.1. The standard InChI is InChI=1S/C12H20N2/c1-4-14(9-11(3)13)12-8-6-5-7-10(12)2/h5-8,11H,4,9,13H2,1-3H3/t11-/m1/s1. The molecule has 78 valence electrons. The van der Waals surface area contributed by atoms with Crippen LogP contribution in [-0.4, -0.2) is 19.1 Å². The topological polar surface area (TPSA) is 29.3 Å². The van der Waals surface area contributed by atoms with Crippen molar-refractivity contribution in [3.05, 3.63) is 29.8 Å². The van der Waals surface area contributed by atoms with Gasteiger partial charge in [-0.2, -0.15) is 0 Å². The van der Waals surface area contributed by atoms with Crippen LogP contribution in [0.15, 0.2) is 24.3 Å². The average molecular weight is 192 g/mol. The third-order valence-corrected chi connectivity index (χ3v) is 2.35. The molecule has 0 fully saturated rings. The lowest BCUT2D eigenvalue weighted by atomic mass is 10.1. The van der Waals surface area contributed by atoms with Crippen molar-refractivity contribution in [1.29, 1.82) is 0 Å². The van der Waals surface area contributed by atoms with Gasteiger partial charge in [-0.25, -0.2) is 0 Å². The lowest BCUT2D eigenvalue weighted by Crippen LogP contribution is -2.35. The van der Waals surface area contributed by atoms with E-state index < -0.39 is 0 Å². The molecule has 0 aliphatic rings. The van der Waals surface area contributed by atoms with Gasteiger partial charge in [0.05, 0.1) is 0 Å². The van der Waals surface area contributed by atoms with Crippen molar-refractivity contribution in [3.63, 3.8) is 0 Å². The van der Waals surface area contributed by atoms with Gasteiger partial charge in [-0.1, -0.05) is 18.2 Å². The van der Waals surface area contributed by atoms with Crippen molar-refractivity contribution in [3.8, 4) is 0 Å². The zero-order valence-corrected chi connectivity index (χ0v) is 9.33. The Morgan fingerprint density at radius 2 is 2.00 bits per heavy atom. The minimum atomic E-state index is 0.217. The molecule has 0 aliphatic carbocycles. The van der Waals surface area contributed by atoms with Gasteiger partial charge in [-0.05, 0) is 32.4 Å². The van der Waals surface area contributed by atoms with E-state index >= 15 is 0 Å². The van der Waals surface area contributed by atoms with Crippen molar-refractivity contribution in [2.75, 3.05) is 18.0 Å². The molecule has 1 atom stereocenters. The van der Waals surface area contributed by atoms with E-state index in [-0.39, 0.29) is 6.04 Å². The smallest absolute Gasteiger partial charge is 0.0396 e. The van der Waals surface area contributed by atoms with E-state index in [0.717, 1.165) is 13.1 Å². The highest BCUT2D eigenvalue weighted by Crippen LogP contribution is 2.18. The largest absolute Gasteiger partial charge is 0.370 e. The summed E-state index contributed by atoms with van der Waals surface area (Å²) in [6.45, 7) is 8.27. The second-order valence-corrected chi connectivity index (χ2v) is 3.80. The minimum absolute atomic E-state index is 0.217. The van der Waals surface area contributed by atoms with E-state index in [9.17, 15) is 0 Å². The van der Waals surface area contributed by atoms with Gasteiger partial charge in [0.15, 0.2) is 0 Å². The van der Waals surface area contributed by atoms with Crippen molar-refractivity contribution in [1.82, 2.24) is 0 Å². The van der Waals surface area contributed by atoms with E-state index in [1.54, 1.807) is 0 Å². The summed E-state index contributed by atoms with van der Waals surface area (Å²) in [7, 11) is 0. The Bertz CT molecular complexity index is 281. The van der Waals surface area contributed by atoms with E-state index in [0.29, 0.717) is 0 Å². The molecule has 0 radical (unpaired) electrons. The average Bonchev–Trinajstić information content (AvgIpc) is 2.15. The fourth-order valence-corrected chi connectivity index (χ4v) is 1.66. The van der Waals surface area contributed by atoms with Gasteiger partial charge in [-0.15, -0.1) is 0 Å². The number of rotatable bonds is 4. The molecule has 0 spiro atoms. The molecular weight excluding hydrogens is 172 g/mol. The second-order valence-electron chi connectivity index (χ2n) is 3.80. The number of para-hydroxylation sites is 1. The van der Waals surface area contributed by atoms with Gasteiger partial charge in [0, 0.05) is 24.8 Å². The molecule has 2 nitrogen and oxygen atoms in total. The van der Waals surface area contributed by atoms with Gasteiger partial charge < -0.3 is 10.6 Å². The van der Waals surface area contributed by atoms with E-state index in [2.05, 4.69) is 43.0 Å². The molecule has 0 aliphatic heterocycles. The molecule has 0 heterocycles. The monoisotopic (exact) mass is 192 g/mol. The molecule has 14 heavy (non-hydrogen) atoms. The van der Waals surface area contributed by atoms with Crippen molar-refractivity contribution < 1.29 is 0 Å². The van der Waals surface area contributed by atoms with Crippen molar-refractivity contribution in [2.45, 2.75) is 26.8 Å². The van der Waals surface area contributed by atoms with Crippen LogP contribution in [-0.2, 0) is 0 Å². The Kier molecular flexibility index (Phi) is 3.96. The quantitative estimate of drug-likeness (QED) is 0.792. The molecule has 2 N–H and O–H groups in total. The zero-order chi connectivity index (χ0) is 10.6. The Morgan fingerprint density at radius 3 is 2.50 bits per heavy atom. The molecular formula is C12H20N2. The number of hydrogen-bond donors (Lipinski definition) is 1. The molecule has 0 unspecified atom stereocenters. The summed E-state index contributed by atoms with van der Waals surface area (Å²) in [5.41, 5.74) is 8.43. The van der Waals surface area contributed by atoms with Crippen LogP contribution in [0.25, 0.3) is 0 Å². The molecule has 1 aromatic carbocycles. The lowest BCUT2D eigenvalue weighted by molar-refractivity contribution is 0.688. The maximum Gasteiger partial charge on any atom is 0.0396 e. The fourth-order valence-electron chi connectivity index (χ4n) is 1.66. The summed E-state index contributed by atoms with van der Waals surface area (Å²) in [6.07, 6.45) is 0. The molecule has 2 heteroatoms. The number of aryl methyl sites for hydroxylation is 1. The first-order chi connectivity index (χ1) is 6.65. The summed E-state index contributed by atoms with van der Waals surface area (Å²) in [6, 6.07) is 8.65. The third-order valence-electron chi connectivity index (χ3n) is 2.35. The number of benzene rings is 1. The van der Waals surface area contributed by atoms with Crippen LogP contribution in [0, 0.1) is 6.92 Å². The molecule has 0 aromatic heterocycles. The van der Waals surface area contributed by atoms with Gasteiger partial charge >= 0.3 is 0 Å². The molecule has 1 aromatic rings. The van der Waals surface area contributed by atoms with Crippen LogP contribution in [0.2, 0.25) is 0 Å². The van der Waals surface area contributed by atoms with E-state index in [1.807, 2.05) is 6.92 Å². The van der Waals surface area contributed by atoms with Crippen LogP contribution in [0.5, 0.6) is 0 Å². The highest BCUT2D eigenvalue weighted by Gasteiger charge is 2.07. The predicted octanol–water partition coefficient (Wildman–Crippen LogP) is 2.17. The summed E-state index contributed by atoms with van der Waals surface area (Å²) >= 11 is 0. The summed E-state index contributed by atoms with van der Waals surface area (Å²) < 4.78 is 0. The van der Waals surface area contributed by atoms with Crippen LogP contribution in [0.4, 0.5) is 5.69 Å². The van der Waals surface area contributed by atoms with E-state index in [1.165, 1.54) is 11.3 Å². The lowest BCUT2D eigenvalue weighted by Gasteiger charge is -2.26.